The molecule has 0 unspecified atom stereocenters. The maximum Gasteiger partial charge on any atom is 0.417 e. The fourth-order valence-electron chi connectivity index (χ4n) is 3.47. The third-order valence-corrected chi connectivity index (χ3v) is 4.78. The Labute approximate surface area is 153 Å². The summed E-state index contributed by atoms with van der Waals surface area (Å²) in [7, 11) is 1.89. The van der Waals surface area contributed by atoms with Crippen LogP contribution in [0, 0.1) is 0 Å². The van der Waals surface area contributed by atoms with E-state index in [0.717, 1.165) is 11.9 Å². The van der Waals surface area contributed by atoms with Gasteiger partial charge in [0.1, 0.15) is 0 Å². The number of hydrogen-bond donors (Lipinski definition) is 0. The smallest absolute Gasteiger partial charge is 0.371 e. The summed E-state index contributed by atoms with van der Waals surface area (Å²) in [5, 5.41) is -0.0711. The Morgan fingerprint density at radius 1 is 1.00 bits per heavy atom. The minimum absolute atomic E-state index is 0.0711. The number of carbonyl (C=O) groups excluding carboxylic acids is 1. The number of anilines is 2. The van der Waals surface area contributed by atoms with Crippen molar-refractivity contribution in [1.82, 2.24) is 4.98 Å². The quantitative estimate of drug-likeness (QED) is 0.638. The predicted octanol–water partition coefficient (Wildman–Crippen LogP) is 4.35. The number of rotatable bonds is 1. The Morgan fingerprint density at radius 3 is 2.41 bits per heavy atom. The first kappa shape index (κ1) is 17.3. The molecule has 4 rings (SSSR count). The molecule has 2 heterocycles. The summed E-state index contributed by atoms with van der Waals surface area (Å²) >= 11 is 0. The third kappa shape index (κ3) is 2.89. The predicted molar refractivity (Wildman–Crippen MR) is 98.1 cm³/mol. The fourth-order valence-corrected chi connectivity index (χ4v) is 3.47. The van der Waals surface area contributed by atoms with Crippen molar-refractivity contribution in [2.24, 2.45) is 0 Å². The standard InChI is InChI=1S/C20H16F3N3O/c1-25-10-11-26(17-9-5-4-8-16(17)25)19(27)14-12-24-15-7-3-2-6-13(15)18(14)20(21,22)23/h2-9,12H,10-11H2,1H3. The Hall–Kier alpha value is -3.09. The zero-order valence-corrected chi connectivity index (χ0v) is 14.5. The summed E-state index contributed by atoms with van der Waals surface area (Å²) in [5.74, 6) is -0.693. The molecule has 4 nitrogen and oxygen atoms in total. The van der Waals surface area contributed by atoms with Gasteiger partial charge in [-0.05, 0) is 18.2 Å². The number of fused-ring (bicyclic) bond motifs is 2. The van der Waals surface area contributed by atoms with Crippen molar-refractivity contribution in [2.75, 3.05) is 29.9 Å². The van der Waals surface area contributed by atoms with Crippen molar-refractivity contribution in [3.63, 3.8) is 0 Å². The van der Waals surface area contributed by atoms with E-state index >= 15 is 0 Å². The van der Waals surface area contributed by atoms with Crippen LogP contribution in [0.15, 0.2) is 54.7 Å². The Bertz CT molecular complexity index is 1030. The lowest BCUT2D eigenvalue weighted by atomic mass is 10.0. The molecule has 0 bridgehead atoms. The maximum absolute atomic E-state index is 13.9. The van der Waals surface area contributed by atoms with Crippen LogP contribution >= 0.6 is 0 Å². The molecular weight excluding hydrogens is 355 g/mol. The molecule has 0 saturated heterocycles. The lowest BCUT2D eigenvalue weighted by Crippen LogP contribution is -2.43. The topological polar surface area (TPSA) is 36.4 Å². The maximum atomic E-state index is 13.9. The van der Waals surface area contributed by atoms with Crippen molar-refractivity contribution in [2.45, 2.75) is 6.18 Å². The van der Waals surface area contributed by atoms with Crippen LogP contribution in [-0.2, 0) is 6.18 Å². The summed E-state index contributed by atoms with van der Waals surface area (Å²) < 4.78 is 41.6. The molecule has 138 valence electrons. The second-order valence-electron chi connectivity index (χ2n) is 6.43. The molecular formula is C20H16F3N3O. The fraction of sp³-hybridized carbons (Fsp3) is 0.200. The number of pyridine rings is 1. The van der Waals surface area contributed by atoms with E-state index in [1.54, 1.807) is 18.2 Å². The molecule has 0 aliphatic carbocycles. The van der Waals surface area contributed by atoms with Crippen LogP contribution in [0.25, 0.3) is 10.9 Å². The summed E-state index contributed by atoms with van der Waals surface area (Å²) in [6, 6.07) is 13.2. The highest BCUT2D eigenvalue weighted by Gasteiger charge is 2.39. The highest BCUT2D eigenvalue weighted by Crippen LogP contribution is 2.39. The molecule has 0 fully saturated rings. The lowest BCUT2D eigenvalue weighted by molar-refractivity contribution is -0.136. The number of para-hydroxylation sites is 3. The van der Waals surface area contributed by atoms with Gasteiger partial charge in [0.2, 0.25) is 0 Å². The van der Waals surface area contributed by atoms with Crippen LogP contribution in [0.1, 0.15) is 15.9 Å². The number of nitrogens with zero attached hydrogens (tertiary/aromatic N) is 3. The average molecular weight is 371 g/mol. The number of likely N-dealkylation sites (N-methyl/N-ethyl adjacent to an activating group) is 1. The van der Waals surface area contributed by atoms with Gasteiger partial charge in [-0.25, -0.2) is 0 Å². The van der Waals surface area contributed by atoms with Crippen LogP contribution in [0.3, 0.4) is 0 Å². The van der Waals surface area contributed by atoms with Gasteiger partial charge in [0.15, 0.2) is 0 Å². The second-order valence-corrected chi connectivity index (χ2v) is 6.43. The van der Waals surface area contributed by atoms with Gasteiger partial charge in [-0.2, -0.15) is 13.2 Å². The first-order chi connectivity index (χ1) is 12.9. The zero-order valence-electron chi connectivity index (χ0n) is 14.5. The van der Waals surface area contributed by atoms with Crippen molar-refractivity contribution < 1.29 is 18.0 Å². The van der Waals surface area contributed by atoms with Crippen LogP contribution < -0.4 is 9.80 Å². The van der Waals surface area contributed by atoms with E-state index in [9.17, 15) is 18.0 Å². The molecule has 0 spiro atoms. The SMILES string of the molecule is CN1CCN(C(=O)c2cnc3ccccc3c2C(F)(F)F)c2ccccc21. The second kappa shape index (κ2) is 6.26. The number of alkyl halides is 3. The van der Waals surface area contributed by atoms with Crippen LogP contribution in [0.5, 0.6) is 0 Å². The molecule has 27 heavy (non-hydrogen) atoms. The number of halogens is 3. The summed E-state index contributed by atoms with van der Waals surface area (Å²) in [6.07, 6.45) is -3.63. The van der Waals surface area contributed by atoms with E-state index in [4.69, 9.17) is 0 Å². The van der Waals surface area contributed by atoms with Gasteiger partial charge in [-0.1, -0.05) is 30.3 Å². The molecule has 0 radical (unpaired) electrons. The normalized spacial score (nSPS) is 14.4. The summed E-state index contributed by atoms with van der Waals surface area (Å²) in [4.78, 5) is 20.6. The van der Waals surface area contributed by atoms with Gasteiger partial charge in [0, 0.05) is 31.7 Å². The number of amides is 1. The molecule has 3 aromatic rings. The van der Waals surface area contributed by atoms with E-state index < -0.39 is 23.2 Å². The molecule has 2 aromatic carbocycles. The molecule has 1 amide bonds. The minimum Gasteiger partial charge on any atom is -0.371 e. The average Bonchev–Trinajstić information content (AvgIpc) is 2.66. The van der Waals surface area contributed by atoms with Crippen LogP contribution in [0.2, 0.25) is 0 Å². The molecule has 0 atom stereocenters. The van der Waals surface area contributed by atoms with Crippen LogP contribution in [0.4, 0.5) is 24.5 Å². The largest absolute Gasteiger partial charge is 0.417 e. The van der Waals surface area contributed by atoms with Gasteiger partial charge >= 0.3 is 6.18 Å². The number of aromatic nitrogens is 1. The van der Waals surface area contributed by atoms with Gasteiger partial charge in [-0.15, -0.1) is 0 Å². The van der Waals surface area contributed by atoms with Gasteiger partial charge < -0.3 is 9.80 Å². The Kier molecular flexibility index (Phi) is 4.02. The molecule has 1 aliphatic rings. The highest BCUT2D eigenvalue weighted by atomic mass is 19.4. The van der Waals surface area contributed by atoms with E-state index in [0.29, 0.717) is 18.8 Å². The van der Waals surface area contributed by atoms with Crippen LogP contribution in [-0.4, -0.2) is 31.0 Å². The Balaban J connectivity index is 1.88. The van der Waals surface area contributed by atoms with E-state index in [2.05, 4.69) is 4.98 Å². The molecule has 7 heteroatoms. The minimum atomic E-state index is -4.67. The molecule has 1 aliphatic heterocycles. The highest BCUT2D eigenvalue weighted by molar-refractivity contribution is 6.11. The number of benzene rings is 2. The molecule has 1 aromatic heterocycles. The Morgan fingerprint density at radius 2 is 1.67 bits per heavy atom. The van der Waals surface area contributed by atoms with E-state index in [1.165, 1.54) is 23.1 Å². The van der Waals surface area contributed by atoms with E-state index in [-0.39, 0.29) is 10.9 Å². The van der Waals surface area contributed by atoms with Crippen molar-refractivity contribution in [1.29, 1.82) is 0 Å². The summed E-state index contributed by atoms with van der Waals surface area (Å²) in [5.41, 5.74) is 0.243. The van der Waals surface area contributed by atoms with Crippen molar-refractivity contribution >= 4 is 28.2 Å². The van der Waals surface area contributed by atoms with Gasteiger partial charge in [0.25, 0.3) is 5.91 Å². The number of hydrogen-bond acceptors (Lipinski definition) is 3. The lowest BCUT2D eigenvalue weighted by Gasteiger charge is -2.36. The monoisotopic (exact) mass is 371 g/mol. The third-order valence-electron chi connectivity index (χ3n) is 4.78. The van der Waals surface area contributed by atoms with Crippen molar-refractivity contribution in [3.05, 3.63) is 65.9 Å². The number of carbonyl (C=O) groups is 1. The summed E-state index contributed by atoms with van der Waals surface area (Å²) in [6.45, 7) is 0.835. The zero-order chi connectivity index (χ0) is 19.2. The first-order valence-corrected chi connectivity index (χ1v) is 8.45. The first-order valence-electron chi connectivity index (χ1n) is 8.45. The van der Waals surface area contributed by atoms with Gasteiger partial charge in [-0.3, -0.25) is 9.78 Å². The molecule has 0 N–H and O–H groups in total. The van der Waals surface area contributed by atoms with E-state index in [1.807, 2.05) is 24.1 Å². The molecule has 0 saturated carbocycles. The van der Waals surface area contributed by atoms with Crippen molar-refractivity contribution in [3.8, 4) is 0 Å². The van der Waals surface area contributed by atoms with Gasteiger partial charge in [0.05, 0.1) is 28.0 Å².